The van der Waals surface area contributed by atoms with Crippen LogP contribution >= 0.6 is 0 Å². The molecule has 1 heterocycles. The fourth-order valence-electron chi connectivity index (χ4n) is 3.01. The van der Waals surface area contributed by atoms with E-state index >= 15 is 0 Å². The number of nitrogens with one attached hydrogen (secondary N) is 2. The molecule has 31 heavy (non-hydrogen) atoms. The van der Waals surface area contributed by atoms with Gasteiger partial charge in [-0.3, -0.25) is 9.59 Å². The highest BCUT2D eigenvalue weighted by atomic mass is 19.1. The Balaban J connectivity index is 1.31. The van der Waals surface area contributed by atoms with Crippen LogP contribution in [-0.2, 0) is 11.3 Å². The molecule has 2 N–H and O–H groups in total. The molecule has 4 rings (SSSR count). The quantitative estimate of drug-likeness (QED) is 0.573. The maximum atomic E-state index is 13.1. The second-order valence-corrected chi connectivity index (χ2v) is 7.27. The van der Waals surface area contributed by atoms with Gasteiger partial charge >= 0.3 is 0 Å². The van der Waals surface area contributed by atoms with Crippen LogP contribution in [0.4, 0.5) is 4.39 Å². The van der Waals surface area contributed by atoms with Crippen LogP contribution in [0.25, 0.3) is 0 Å². The van der Waals surface area contributed by atoms with Crippen molar-refractivity contribution in [3.8, 4) is 11.5 Å². The van der Waals surface area contributed by atoms with Crippen molar-refractivity contribution in [3.05, 3.63) is 78.1 Å². The zero-order valence-corrected chi connectivity index (χ0v) is 16.5. The average molecular weight is 416 g/mol. The number of amides is 2. The summed E-state index contributed by atoms with van der Waals surface area (Å²) in [5, 5.41) is 5.63. The van der Waals surface area contributed by atoms with E-state index < -0.39 is 11.4 Å². The van der Waals surface area contributed by atoms with Crippen LogP contribution in [-0.4, -0.2) is 35.2 Å². The van der Waals surface area contributed by atoms with Gasteiger partial charge in [-0.05, 0) is 48.7 Å². The molecule has 7 nitrogen and oxygen atoms in total. The molecule has 2 amide bonds. The van der Waals surface area contributed by atoms with Gasteiger partial charge in [-0.1, -0.05) is 17.6 Å². The zero-order chi connectivity index (χ0) is 21.8. The molecule has 1 saturated carbocycles. The molecule has 1 aromatic heterocycles. The van der Waals surface area contributed by atoms with Gasteiger partial charge < -0.3 is 15.4 Å². The molecule has 1 aliphatic carbocycles. The third-order valence-corrected chi connectivity index (χ3v) is 4.94. The predicted octanol–water partition coefficient (Wildman–Crippen LogP) is 1.78. The number of nitrogens with zero attached hydrogens (tertiary/aromatic N) is 2. The molecule has 154 valence electrons. The summed E-state index contributed by atoms with van der Waals surface area (Å²) in [6.07, 6.45) is 5.29. The summed E-state index contributed by atoms with van der Waals surface area (Å²) in [6, 6.07) is 11.0. The molecule has 0 bridgehead atoms. The molecule has 1 fully saturated rings. The van der Waals surface area contributed by atoms with Crippen molar-refractivity contribution in [2.24, 2.45) is 0 Å². The lowest BCUT2D eigenvalue weighted by Crippen LogP contribution is -2.48. The van der Waals surface area contributed by atoms with Crippen molar-refractivity contribution in [3.63, 3.8) is 0 Å². The van der Waals surface area contributed by atoms with Crippen molar-refractivity contribution in [1.29, 1.82) is 0 Å². The number of rotatable bonds is 7. The Hall–Kier alpha value is -3.75. The fraction of sp³-hybridized carbons (Fsp3) is 0.182. The highest BCUT2D eigenvalue weighted by molar-refractivity contribution is 6.34. The summed E-state index contributed by atoms with van der Waals surface area (Å²) < 4.78 is 18.8. The number of carbonyl (C=O) groups excluding carboxylic acids is 2. The van der Waals surface area contributed by atoms with E-state index in [-0.39, 0.29) is 17.3 Å². The van der Waals surface area contributed by atoms with Gasteiger partial charge in [-0.2, -0.15) is 0 Å². The smallest absolute Gasteiger partial charge is 0.255 e. The maximum absolute atomic E-state index is 13.1. The van der Waals surface area contributed by atoms with Gasteiger partial charge in [0, 0.05) is 18.9 Å². The number of hydrogen-bond acceptors (Lipinski definition) is 5. The second kappa shape index (κ2) is 8.55. The van der Waals surface area contributed by atoms with Crippen LogP contribution in [0.15, 0.2) is 61.2 Å². The Morgan fingerprint density at radius 2 is 1.81 bits per heavy atom. The van der Waals surface area contributed by atoms with Gasteiger partial charge in [-0.25, -0.2) is 14.4 Å². The molecule has 1 aliphatic rings. The lowest BCUT2D eigenvalue weighted by molar-refractivity contribution is -0.124. The predicted molar refractivity (Wildman–Crippen MR) is 112 cm³/mol. The first-order chi connectivity index (χ1) is 14.9. The Bertz CT molecular complexity index is 1110. The van der Waals surface area contributed by atoms with E-state index in [1.807, 2.05) is 0 Å². The van der Waals surface area contributed by atoms with Gasteiger partial charge in [0.1, 0.15) is 37.0 Å². The van der Waals surface area contributed by atoms with E-state index in [9.17, 15) is 14.0 Å². The fourth-order valence-corrected chi connectivity index (χ4v) is 3.01. The van der Waals surface area contributed by atoms with Gasteiger partial charge in [0.15, 0.2) is 0 Å². The normalized spacial score (nSPS) is 13.8. The summed E-state index contributed by atoms with van der Waals surface area (Å²) >= 11 is 0. The Labute approximate surface area is 179 Å². The van der Waals surface area contributed by atoms with E-state index in [1.165, 1.54) is 36.9 Å². The third kappa shape index (κ3) is 4.88. The molecular formula is C22H18BFN4O3. The average Bonchev–Trinajstić information content (AvgIpc) is 3.56. The number of ether oxygens (including phenoxy) is 1. The van der Waals surface area contributed by atoms with Crippen molar-refractivity contribution in [2.45, 2.75) is 24.9 Å². The molecule has 0 spiro atoms. The van der Waals surface area contributed by atoms with Crippen molar-refractivity contribution in [1.82, 2.24) is 20.6 Å². The largest absolute Gasteiger partial charge is 0.458 e. The summed E-state index contributed by atoms with van der Waals surface area (Å²) in [4.78, 5) is 32.5. The second-order valence-electron chi connectivity index (χ2n) is 7.27. The van der Waals surface area contributed by atoms with Crippen LogP contribution in [0.3, 0.4) is 0 Å². The standard InChI is InChI=1S/C22H18BFN4O3/c23-18-9-16(24)3-6-19(18)31-17-4-1-14(2-5-17)10-27-21(30)22(7-8-22)28-20(29)15-11-25-13-26-12-15/h1-6,9,11-13H,7-8,10H2,(H,27,30)(H,28,29). The Morgan fingerprint density at radius 3 is 2.45 bits per heavy atom. The SMILES string of the molecule is [B]c1cc(F)ccc1Oc1ccc(CNC(=O)C2(NC(=O)c3cncnc3)CC2)cc1. The van der Waals surface area contributed by atoms with E-state index in [0.717, 1.165) is 5.56 Å². The van der Waals surface area contributed by atoms with Gasteiger partial charge in [0.05, 0.1) is 5.56 Å². The first kappa shape index (κ1) is 20.5. The first-order valence-corrected chi connectivity index (χ1v) is 9.63. The number of halogens is 1. The number of carbonyl (C=O) groups is 2. The van der Waals surface area contributed by atoms with E-state index in [1.54, 1.807) is 24.3 Å². The van der Waals surface area contributed by atoms with Crippen LogP contribution in [0.5, 0.6) is 11.5 Å². The minimum Gasteiger partial charge on any atom is -0.458 e. The van der Waals surface area contributed by atoms with E-state index in [0.29, 0.717) is 36.4 Å². The lowest BCUT2D eigenvalue weighted by atomic mass is 9.95. The molecule has 2 aromatic carbocycles. The number of aromatic nitrogens is 2. The molecule has 0 saturated heterocycles. The molecule has 2 radical (unpaired) electrons. The zero-order valence-electron chi connectivity index (χ0n) is 16.5. The van der Waals surface area contributed by atoms with Crippen molar-refractivity contribution in [2.75, 3.05) is 0 Å². The topological polar surface area (TPSA) is 93.2 Å². The van der Waals surface area contributed by atoms with Crippen LogP contribution in [0.2, 0.25) is 0 Å². The molecular weight excluding hydrogens is 398 g/mol. The molecule has 3 aromatic rings. The lowest BCUT2D eigenvalue weighted by Gasteiger charge is -2.17. The molecule has 9 heteroatoms. The highest BCUT2D eigenvalue weighted by Gasteiger charge is 2.51. The van der Waals surface area contributed by atoms with Crippen LogP contribution in [0, 0.1) is 5.82 Å². The Morgan fingerprint density at radius 1 is 1.10 bits per heavy atom. The summed E-state index contributed by atoms with van der Waals surface area (Å²) in [5.74, 6) is -0.160. The molecule has 0 atom stereocenters. The minimum absolute atomic E-state index is 0.204. The monoisotopic (exact) mass is 416 g/mol. The number of benzene rings is 2. The van der Waals surface area contributed by atoms with E-state index in [4.69, 9.17) is 12.6 Å². The Kier molecular flexibility index (Phi) is 5.66. The van der Waals surface area contributed by atoms with Crippen molar-refractivity contribution < 1.29 is 18.7 Å². The van der Waals surface area contributed by atoms with Crippen molar-refractivity contribution >= 4 is 25.1 Å². The maximum Gasteiger partial charge on any atom is 0.255 e. The van der Waals surface area contributed by atoms with Gasteiger partial charge in [-0.15, -0.1) is 0 Å². The third-order valence-electron chi connectivity index (χ3n) is 4.94. The van der Waals surface area contributed by atoms with E-state index in [2.05, 4.69) is 20.6 Å². The van der Waals surface area contributed by atoms with Crippen LogP contribution in [0.1, 0.15) is 28.8 Å². The summed E-state index contributed by atoms with van der Waals surface area (Å²) in [6.45, 7) is 0.296. The molecule has 0 aliphatic heterocycles. The number of hydrogen-bond donors (Lipinski definition) is 2. The summed E-state index contributed by atoms with van der Waals surface area (Å²) in [7, 11) is 5.75. The highest BCUT2D eigenvalue weighted by Crippen LogP contribution is 2.36. The van der Waals surface area contributed by atoms with Crippen LogP contribution < -0.4 is 20.8 Å². The summed E-state index contributed by atoms with van der Waals surface area (Å²) in [5.41, 5.74) is 0.469. The first-order valence-electron chi connectivity index (χ1n) is 9.63. The minimum atomic E-state index is -0.893. The van der Waals surface area contributed by atoms with Gasteiger partial charge in [0.25, 0.3) is 5.91 Å². The molecule has 0 unspecified atom stereocenters. The van der Waals surface area contributed by atoms with Gasteiger partial charge in [0.2, 0.25) is 5.91 Å².